The van der Waals surface area contributed by atoms with Gasteiger partial charge in [0.25, 0.3) is 5.91 Å². The van der Waals surface area contributed by atoms with E-state index in [0.717, 1.165) is 22.6 Å². The zero-order valence-electron chi connectivity index (χ0n) is 20.5. The van der Waals surface area contributed by atoms with Gasteiger partial charge in [0.1, 0.15) is 0 Å². The van der Waals surface area contributed by atoms with E-state index in [4.69, 9.17) is 0 Å². The lowest BCUT2D eigenvalue weighted by atomic mass is 9.94. The number of thioether (sulfide) groups is 1. The van der Waals surface area contributed by atoms with Crippen molar-refractivity contribution in [2.24, 2.45) is 0 Å². The van der Waals surface area contributed by atoms with Crippen molar-refractivity contribution in [2.45, 2.75) is 43.3 Å². The fraction of sp³-hybridized carbons (Fsp3) is 0.222. The van der Waals surface area contributed by atoms with Crippen LogP contribution in [0.4, 0.5) is 5.13 Å². The van der Waals surface area contributed by atoms with Crippen LogP contribution in [-0.2, 0) is 17.0 Å². The Kier molecular flexibility index (Phi) is 7.23. The summed E-state index contributed by atoms with van der Waals surface area (Å²) in [6.07, 6.45) is 0.859. The zero-order valence-corrected chi connectivity index (χ0v) is 22.9. The van der Waals surface area contributed by atoms with Crippen molar-refractivity contribution in [2.75, 3.05) is 4.90 Å². The molecular weight excluding hydrogens is 525 g/mol. The number of nitrogens with zero attached hydrogens (tertiary/aromatic N) is 4. The minimum Gasteiger partial charge on any atom is -0.503 e. The Morgan fingerprint density at radius 1 is 1.03 bits per heavy atom. The van der Waals surface area contributed by atoms with Gasteiger partial charge < -0.3 is 5.11 Å². The van der Waals surface area contributed by atoms with Gasteiger partial charge in [-0.3, -0.25) is 14.5 Å². The maximum Gasteiger partial charge on any atom is 0.296 e. The first kappa shape index (κ1) is 25.3. The molecule has 4 aromatic rings. The number of hydrogen-bond donors (Lipinski definition) is 1. The SMILES string of the molecule is CCc1ccc(C2C(C(=O)c3sc(C)nc3C)=C(O)C(=O)N2c2nnc(SCc3ccccc3)s2)cc1. The summed E-state index contributed by atoms with van der Waals surface area (Å²) in [5, 5.41) is 20.7. The van der Waals surface area contributed by atoms with Gasteiger partial charge in [0, 0.05) is 5.75 Å². The molecule has 1 aliphatic rings. The lowest BCUT2D eigenvalue weighted by Gasteiger charge is -2.24. The Bertz CT molecular complexity index is 1490. The summed E-state index contributed by atoms with van der Waals surface area (Å²) in [7, 11) is 0. The van der Waals surface area contributed by atoms with Crippen LogP contribution in [0.3, 0.4) is 0 Å². The second kappa shape index (κ2) is 10.6. The maximum atomic E-state index is 13.7. The third-order valence-electron chi connectivity index (χ3n) is 6.07. The number of aromatic nitrogens is 3. The number of aliphatic hydroxyl groups excluding tert-OH is 1. The number of carbonyl (C=O) groups excluding carboxylic acids is 2. The largest absolute Gasteiger partial charge is 0.503 e. The van der Waals surface area contributed by atoms with Gasteiger partial charge in [0.15, 0.2) is 10.1 Å². The molecule has 5 rings (SSSR count). The van der Waals surface area contributed by atoms with Gasteiger partial charge in [-0.15, -0.1) is 21.5 Å². The Morgan fingerprint density at radius 2 is 1.76 bits per heavy atom. The number of aryl methyl sites for hydroxylation is 3. The molecule has 1 amide bonds. The van der Waals surface area contributed by atoms with Gasteiger partial charge in [-0.05, 0) is 37.0 Å². The van der Waals surface area contributed by atoms with Crippen molar-refractivity contribution >= 4 is 51.3 Å². The quantitative estimate of drug-likeness (QED) is 0.158. The van der Waals surface area contributed by atoms with Gasteiger partial charge in [-0.25, -0.2) is 4.98 Å². The molecule has 1 atom stereocenters. The van der Waals surface area contributed by atoms with E-state index in [1.807, 2.05) is 61.5 Å². The van der Waals surface area contributed by atoms with Gasteiger partial charge >= 0.3 is 0 Å². The Labute approximate surface area is 226 Å². The van der Waals surface area contributed by atoms with Crippen LogP contribution < -0.4 is 4.90 Å². The predicted molar refractivity (Wildman–Crippen MR) is 148 cm³/mol. The highest BCUT2D eigenvalue weighted by molar-refractivity contribution is 8.00. The second-order valence-corrected chi connectivity index (χ2v) is 11.9. The minimum atomic E-state index is -0.826. The van der Waals surface area contributed by atoms with Crippen LogP contribution in [0.15, 0.2) is 70.3 Å². The topological polar surface area (TPSA) is 96.3 Å². The summed E-state index contributed by atoms with van der Waals surface area (Å²) < 4.78 is 0.694. The second-order valence-electron chi connectivity index (χ2n) is 8.54. The smallest absolute Gasteiger partial charge is 0.296 e. The van der Waals surface area contributed by atoms with E-state index in [1.54, 1.807) is 6.92 Å². The molecule has 2 aromatic carbocycles. The Morgan fingerprint density at radius 3 is 2.41 bits per heavy atom. The Hall–Kier alpha value is -3.34. The molecule has 188 valence electrons. The summed E-state index contributed by atoms with van der Waals surface area (Å²) in [6.45, 7) is 5.65. The molecule has 0 saturated carbocycles. The van der Waals surface area contributed by atoms with Crippen molar-refractivity contribution in [1.29, 1.82) is 0 Å². The highest BCUT2D eigenvalue weighted by Crippen LogP contribution is 2.44. The third kappa shape index (κ3) is 4.96. The highest BCUT2D eigenvalue weighted by atomic mass is 32.2. The molecule has 2 aromatic heterocycles. The van der Waals surface area contributed by atoms with Crippen molar-refractivity contribution in [3.05, 3.63) is 98.2 Å². The normalized spacial score (nSPS) is 15.6. The summed E-state index contributed by atoms with van der Waals surface area (Å²) in [5.41, 5.74) is 3.61. The number of ketones is 1. The number of hydrogen-bond acceptors (Lipinski definition) is 9. The molecule has 0 saturated heterocycles. The first-order valence-corrected chi connectivity index (χ1v) is 14.3. The van der Waals surface area contributed by atoms with Crippen molar-refractivity contribution < 1.29 is 14.7 Å². The minimum absolute atomic E-state index is 0.0367. The number of amides is 1. The van der Waals surface area contributed by atoms with Gasteiger partial charge in [-0.1, -0.05) is 84.6 Å². The first-order chi connectivity index (χ1) is 17.9. The maximum absolute atomic E-state index is 13.7. The van der Waals surface area contributed by atoms with E-state index in [-0.39, 0.29) is 5.57 Å². The molecule has 3 heterocycles. The van der Waals surface area contributed by atoms with Crippen LogP contribution in [0.1, 0.15) is 50.0 Å². The summed E-state index contributed by atoms with van der Waals surface area (Å²) >= 11 is 4.05. The van der Waals surface area contributed by atoms with Gasteiger partial charge in [-0.2, -0.15) is 0 Å². The highest BCUT2D eigenvalue weighted by Gasteiger charge is 2.46. The molecule has 7 nitrogen and oxygen atoms in total. The van der Waals surface area contributed by atoms with Crippen LogP contribution in [0.25, 0.3) is 0 Å². The summed E-state index contributed by atoms with van der Waals surface area (Å²) in [5.74, 6) is -0.914. The molecule has 37 heavy (non-hydrogen) atoms. The molecule has 0 spiro atoms. The number of benzene rings is 2. The predicted octanol–water partition coefficient (Wildman–Crippen LogP) is 6.25. The average molecular weight is 549 g/mol. The lowest BCUT2D eigenvalue weighted by molar-refractivity contribution is -0.117. The number of Topliss-reactive ketones (excluding diaryl/α,β-unsaturated/α-hetero) is 1. The zero-order chi connectivity index (χ0) is 26.1. The Balaban J connectivity index is 1.52. The average Bonchev–Trinajstić information content (AvgIpc) is 3.59. The lowest BCUT2D eigenvalue weighted by Crippen LogP contribution is -2.31. The molecule has 1 N–H and O–H groups in total. The number of carbonyl (C=O) groups is 2. The van der Waals surface area contributed by atoms with Gasteiger partial charge in [0.05, 0.1) is 27.2 Å². The first-order valence-electron chi connectivity index (χ1n) is 11.7. The monoisotopic (exact) mass is 548 g/mol. The molecule has 1 aliphatic heterocycles. The van der Waals surface area contributed by atoms with E-state index >= 15 is 0 Å². The van der Waals surface area contributed by atoms with E-state index in [9.17, 15) is 14.7 Å². The molecular formula is C27H24N4O3S3. The standard InChI is InChI=1S/C27H24N4O3S3/c1-4-17-10-12-19(13-11-17)21-20(22(32)24-15(2)28-16(3)36-24)23(33)25(34)31(21)26-29-30-27(37-26)35-14-18-8-6-5-7-9-18/h5-13,21,33H,4,14H2,1-3H3. The van der Waals surface area contributed by atoms with E-state index < -0.39 is 23.5 Å². The third-order valence-corrected chi connectivity index (χ3v) is 9.27. The van der Waals surface area contributed by atoms with Gasteiger partial charge in [0.2, 0.25) is 10.9 Å². The molecule has 1 unspecified atom stereocenters. The molecule has 0 radical (unpaired) electrons. The fourth-order valence-corrected chi connectivity index (χ4v) is 6.92. The summed E-state index contributed by atoms with van der Waals surface area (Å²) in [6, 6.07) is 16.9. The van der Waals surface area contributed by atoms with Crippen LogP contribution in [0.5, 0.6) is 0 Å². The summed E-state index contributed by atoms with van der Waals surface area (Å²) in [4.78, 5) is 33.3. The van der Waals surface area contributed by atoms with Crippen LogP contribution in [-0.4, -0.2) is 32.0 Å². The van der Waals surface area contributed by atoms with Crippen LogP contribution in [0, 0.1) is 13.8 Å². The fourth-order valence-electron chi connectivity index (χ4n) is 4.23. The molecule has 0 fully saturated rings. The number of rotatable bonds is 8. The van der Waals surface area contributed by atoms with Crippen LogP contribution >= 0.6 is 34.4 Å². The number of anilines is 1. The van der Waals surface area contributed by atoms with Crippen molar-refractivity contribution in [3.63, 3.8) is 0 Å². The number of aliphatic hydroxyl groups is 1. The van der Waals surface area contributed by atoms with E-state index in [0.29, 0.717) is 31.4 Å². The van der Waals surface area contributed by atoms with E-state index in [2.05, 4.69) is 22.1 Å². The molecule has 0 bridgehead atoms. The molecule has 10 heteroatoms. The molecule has 0 aliphatic carbocycles. The van der Waals surface area contributed by atoms with Crippen LogP contribution in [0.2, 0.25) is 0 Å². The van der Waals surface area contributed by atoms with E-state index in [1.165, 1.54) is 39.3 Å². The van der Waals surface area contributed by atoms with Crippen molar-refractivity contribution in [3.8, 4) is 0 Å². The number of thiazole rings is 1. The van der Waals surface area contributed by atoms with Crippen molar-refractivity contribution in [1.82, 2.24) is 15.2 Å².